The van der Waals surface area contributed by atoms with Gasteiger partial charge in [0.15, 0.2) is 11.6 Å². The molecule has 2 bridgehead atoms. The Morgan fingerprint density at radius 1 is 1.25 bits per heavy atom. The second-order valence-electron chi connectivity index (χ2n) is 8.21. The first-order valence-corrected chi connectivity index (χ1v) is 10.6. The zero-order chi connectivity index (χ0) is 22.6. The molecule has 8 heteroatoms. The summed E-state index contributed by atoms with van der Waals surface area (Å²) in [6.45, 7) is 5.75. The van der Waals surface area contributed by atoms with E-state index in [0.29, 0.717) is 41.2 Å². The van der Waals surface area contributed by atoms with Crippen LogP contribution in [0.2, 0.25) is 0 Å². The molecule has 164 valence electrons. The summed E-state index contributed by atoms with van der Waals surface area (Å²) >= 11 is 0. The zero-order valence-corrected chi connectivity index (χ0v) is 18.4. The van der Waals surface area contributed by atoms with Crippen LogP contribution in [-0.2, 0) is 19.9 Å². The molecule has 4 aromatic rings. The summed E-state index contributed by atoms with van der Waals surface area (Å²) in [4.78, 5) is 4.35. The molecule has 4 heterocycles. The monoisotopic (exact) mass is 433 g/mol. The molecule has 7 nitrogen and oxygen atoms in total. The summed E-state index contributed by atoms with van der Waals surface area (Å²) in [5.41, 5.74) is 11.9. The summed E-state index contributed by atoms with van der Waals surface area (Å²) in [6.07, 6.45) is 4.20. The number of rotatable bonds is 1. The van der Waals surface area contributed by atoms with Crippen LogP contribution in [-0.4, -0.2) is 19.9 Å². The van der Waals surface area contributed by atoms with E-state index in [2.05, 4.69) is 15.2 Å². The fourth-order valence-electron chi connectivity index (χ4n) is 4.38. The second kappa shape index (κ2) is 7.47. The average molecular weight is 433 g/mol. The molecule has 0 saturated heterocycles. The van der Waals surface area contributed by atoms with E-state index >= 15 is 4.39 Å². The Morgan fingerprint density at radius 2 is 2.06 bits per heavy atom. The van der Waals surface area contributed by atoms with Gasteiger partial charge in [0.2, 0.25) is 0 Å². The van der Waals surface area contributed by atoms with Gasteiger partial charge in [0.05, 0.1) is 11.4 Å². The van der Waals surface area contributed by atoms with Crippen molar-refractivity contribution in [2.24, 2.45) is 7.05 Å². The number of nitrogens with zero attached hydrogens (tertiary/aromatic N) is 4. The molecule has 1 aliphatic rings. The van der Waals surface area contributed by atoms with Gasteiger partial charge >= 0.3 is 0 Å². The predicted molar refractivity (Wildman–Crippen MR) is 119 cm³/mol. The molecule has 2 N–H and O–H groups in total. The number of hydrogen-bond donors (Lipinski definition) is 1. The average Bonchev–Trinajstić information content (AvgIpc) is 3.31. The minimum Gasteiger partial charge on any atom is -0.482 e. The van der Waals surface area contributed by atoms with Crippen LogP contribution in [0.15, 0.2) is 35.1 Å². The predicted octanol–water partition coefficient (Wildman–Crippen LogP) is 4.77. The molecule has 0 spiro atoms. The van der Waals surface area contributed by atoms with E-state index in [9.17, 15) is 0 Å². The maximum atomic E-state index is 15.4. The Balaban J connectivity index is 1.84. The third-order valence-electron chi connectivity index (χ3n) is 5.84. The fraction of sp³-hybridized carbons (Fsp3) is 0.292. The summed E-state index contributed by atoms with van der Waals surface area (Å²) < 4.78 is 29.1. The highest BCUT2D eigenvalue weighted by Crippen LogP contribution is 2.40. The van der Waals surface area contributed by atoms with Crippen molar-refractivity contribution in [1.82, 2.24) is 19.9 Å². The first-order chi connectivity index (χ1) is 15.4. The largest absolute Gasteiger partial charge is 0.482 e. The fourth-order valence-corrected chi connectivity index (χ4v) is 4.38. The Bertz CT molecular complexity index is 1340. The number of hydrogen-bond acceptors (Lipinski definition) is 6. The smallest absolute Gasteiger partial charge is 0.166 e. The van der Waals surface area contributed by atoms with Crippen LogP contribution >= 0.6 is 0 Å². The van der Waals surface area contributed by atoms with Gasteiger partial charge in [-0.2, -0.15) is 5.10 Å². The quantitative estimate of drug-likeness (QED) is 0.465. The van der Waals surface area contributed by atoms with E-state index in [0.717, 1.165) is 27.9 Å². The minimum atomic E-state index is -0.486. The number of ether oxygens (including phenoxy) is 1. The molecule has 1 atom stereocenters. The molecule has 1 unspecified atom stereocenters. The van der Waals surface area contributed by atoms with Gasteiger partial charge in [0, 0.05) is 53.7 Å². The molecule has 3 aromatic heterocycles. The summed E-state index contributed by atoms with van der Waals surface area (Å²) in [7, 11) is 1.82. The van der Waals surface area contributed by atoms with Gasteiger partial charge in [-0.25, -0.2) is 9.37 Å². The molecule has 0 radical (unpaired) electrons. The molecule has 0 fully saturated rings. The van der Waals surface area contributed by atoms with E-state index in [1.807, 2.05) is 46.1 Å². The number of aromatic nitrogens is 4. The number of aryl methyl sites for hydroxylation is 3. The van der Waals surface area contributed by atoms with Crippen molar-refractivity contribution in [1.29, 1.82) is 0 Å². The van der Waals surface area contributed by atoms with Crippen LogP contribution in [0.4, 0.5) is 10.2 Å². The van der Waals surface area contributed by atoms with Crippen LogP contribution in [0.1, 0.15) is 48.1 Å². The minimum absolute atomic E-state index is 0.266. The van der Waals surface area contributed by atoms with Crippen LogP contribution in [0.3, 0.4) is 0 Å². The first kappa shape index (κ1) is 20.2. The van der Waals surface area contributed by atoms with Crippen molar-refractivity contribution >= 4 is 5.82 Å². The molecule has 5 rings (SSSR count). The Morgan fingerprint density at radius 3 is 2.84 bits per heavy atom. The summed E-state index contributed by atoms with van der Waals surface area (Å²) in [5.74, 6) is 1.01. The van der Waals surface area contributed by atoms with Crippen LogP contribution < -0.4 is 10.5 Å². The van der Waals surface area contributed by atoms with Crippen LogP contribution in [0.25, 0.3) is 22.4 Å². The molecule has 1 aliphatic heterocycles. The van der Waals surface area contributed by atoms with Gasteiger partial charge in [-0.15, -0.1) is 0 Å². The number of nitrogens with two attached hydrogens (primary N) is 1. The SMILES string of the molecule is CCc1noc2c1-c1cnc(N)c(c1)OC(C)c1cc(C)cc(F)c1-c1nn(C)cc1C2. The standard InChI is InChI=1S/C24H24FN5O2/c1-5-18-21-14-8-20(24(26)27-10-14)31-13(3)16-6-12(2)7-17(25)22(16)23-15(11-30(4)28-23)9-19(21)32-29-18/h6-8,10-11,13H,5,9H2,1-4H3,(H2,26,27). The molecule has 32 heavy (non-hydrogen) atoms. The third kappa shape index (κ3) is 3.23. The molecule has 0 aliphatic carbocycles. The Kier molecular flexibility index (Phi) is 4.73. The number of nitrogen functional groups attached to an aromatic ring is 1. The number of halogens is 1. The molecular weight excluding hydrogens is 409 g/mol. The highest BCUT2D eigenvalue weighted by molar-refractivity contribution is 5.74. The number of anilines is 1. The van der Waals surface area contributed by atoms with E-state index in [1.54, 1.807) is 10.9 Å². The summed E-state index contributed by atoms with van der Waals surface area (Å²) in [6, 6.07) is 5.29. The van der Waals surface area contributed by atoms with Crippen molar-refractivity contribution in [3.05, 3.63) is 64.6 Å². The highest BCUT2D eigenvalue weighted by atomic mass is 19.1. The van der Waals surface area contributed by atoms with E-state index in [1.165, 1.54) is 6.07 Å². The van der Waals surface area contributed by atoms with Crippen molar-refractivity contribution in [2.45, 2.75) is 39.7 Å². The third-order valence-corrected chi connectivity index (χ3v) is 5.84. The lowest BCUT2D eigenvalue weighted by Crippen LogP contribution is -2.10. The van der Waals surface area contributed by atoms with E-state index in [4.69, 9.17) is 15.0 Å². The van der Waals surface area contributed by atoms with Crippen LogP contribution in [0.5, 0.6) is 5.75 Å². The number of fused-ring (bicyclic) bond motifs is 7. The molecule has 1 aromatic carbocycles. The van der Waals surface area contributed by atoms with Crippen molar-refractivity contribution in [3.8, 4) is 28.1 Å². The normalized spacial score (nSPS) is 15.1. The molecule has 0 saturated carbocycles. The maximum absolute atomic E-state index is 15.4. The first-order valence-electron chi connectivity index (χ1n) is 10.6. The highest BCUT2D eigenvalue weighted by Gasteiger charge is 2.27. The van der Waals surface area contributed by atoms with E-state index in [-0.39, 0.29) is 11.6 Å². The van der Waals surface area contributed by atoms with Crippen molar-refractivity contribution < 1.29 is 13.7 Å². The van der Waals surface area contributed by atoms with Gasteiger partial charge in [-0.1, -0.05) is 18.1 Å². The van der Waals surface area contributed by atoms with Gasteiger partial charge in [-0.05, 0) is 38.0 Å². The molecular formula is C24H24FN5O2. The zero-order valence-electron chi connectivity index (χ0n) is 18.4. The lowest BCUT2D eigenvalue weighted by atomic mass is 9.93. The van der Waals surface area contributed by atoms with Gasteiger partial charge in [0.25, 0.3) is 0 Å². The lowest BCUT2D eigenvalue weighted by Gasteiger charge is -2.21. The van der Waals surface area contributed by atoms with Gasteiger partial charge in [-0.3, -0.25) is 4.68 Å². The number of pyridine rings is 1. The Hall–Kier alpha value is -3.68. The van der Waals surface area contributed by atoms with Crippen LogP contribution in [0, 0.1) is 12.7 Å². The second-order valence-corrected chi connectivity index (χ2v) is 8.21. The maximum Gasteiger partial charge on any atom is 0.166 e. The van der Waals surface area contributed by atoms with Gasteiger partial charge in [0.1, 0.15) is 17.7 Å². The van der Waals surface area contributed by atoms with E-state index < -0.39 is 6.10 Å². The van der Waals surface area contributed by atoms with Gasteiger partial charge < -0.3 is 15.0 Å². The van der Waals surface area contributed by atoms with Crippen molar-refractivity contribution in [2.75, 3.05) is 5.73 Å². The lowest BCUT2D eigenvalue weighted by molar-refractivity contribution is 0.227. The number of benzene rings is 1. The Labute approximate surface area is 185 Å². The van der Waals surface area contributed by atoms with Crippen molar-refractivity contribution in [3.63, 3.8) is 0 Å². The topological polar surface area (TPSA) is 92.0 Å². The summed E-state index contributed by atoms with van der Waals surface area (Å²) in [5, 5.41) is 8.89. The molecule has 0 amide bonds.